The summed E-state index contributed by atoms with van der Waals surface area (Å²) in [6.07, 6.45) is 4.11. The second-order valence-corrected chi connectivity index (χ2v) is 12.0. The smallest absolute Gasteiger partial charge is 0.262 e. The first kappa shape index (κ1) is 26.9. The quantitative estimate of drug-likeness (QED) is 0.385. The maximum absolute atomic E-state index is 13.4. The summed E-state index contributed by atoms with van der Waals surface area (Å²) in [5.74, 6) is -0.201. The number of aryl methyl sites for hydroxylation is 2. The molecule has 1 aliphatic heterocycles. The number of ketones is 2. The normalized spacial score (nSPS) is 18.0. The number of amides is 1. The van der Waals surface area contributed by atoms with Gasteiger partial charge < -0.3 is 15.0 Å². The molecule has 0 unspecified atom stereocenters. The maximum atomic E-state index is 13.4. The highest BCUT2D eigenvalue weighted by Gasteiger charge is 2.43. The molecule has 2 aromatic rings. The molecule has 1 heterocycles. The van der Waals surface area contributed by atoms with Crippen LogP contribution in [0.15, 0.2) is 61.8 Å². The Bertz CT molecular complexity index is 1380. The highest BCUT2D eigenvalue weighted by Crippen LogP contribution is 2.51. The van der Waals surface area contributed by atoms with E-state index in [1.807, 2.05) is 51.2 Å². The zero-order valence-corrected chi connectivity index (χ0v) is 24.9. The Balaban J connectivity index is 1.55. The van der Waals surface area contributed by atoms with Gasteiger partial charge in [-0.05, 0) is 84.8 Å². The Labute approximate surface area is 239 Å². The Hall–Kier alpha value is -2.71. The molecule has 0 bridgehead atoms. The first-order chi connectivity index (χ1) is 18.2. The third-order valence-electron chi connectivity index (χ3n) is 7.61. The number of benzene rings is 2. The Morgan fingerprint density at radius 1 is 0.974 bits per heavy atom. The second-order valence-electron chi connectivity index (χ2n) is 10.2. The molecule has 198 valence electrons. The van der Waals surface area contributed by atoms with Crippen LogP contribution in [0.1, 0.15) is 61.1 Å². The summed E-state index contributed by atoms with van der Waals surface area (Å²) < 4.78 is 7.62. The van der Waals surface area contributed by atoms with Crippen molar-refractivity contribution in [2.75, 3.05) is 19.0 Å². The molecule has 1 N–H and O–H groups in total. The van der Waals surface area contributed by atoms with Gasteiger partial charge in [0.15, 0.2) is 18.2 Å². The lowest BCUT2D eigenvalue weighted by Gasteiger charge is -2.42. The Morgan fingerprint density at radius 2 is 1.61 bits per heavy atom. The molecular weight excluding hydrogens is 612 g/mol. The summed E-state index contributed by atoms with van der Waals surface area (Å²) in [5, 5.41) is 2.94. The highest BCUT2D eigenvalue weighted by molar-refractivity contribution is 9.11. The first-order valence-electron chi connectivity index (χ1n) is 12.9. The van der Waals surface area contributed by atoms with E-state index < -0.39 is 5.92 Å². The van der Waals surface area contributed by atoms with Crippen LogP contribution in [0.2, 0.25) is 0 Å². The van der Waals surface area contributed by atoms with Gasteiger partial charge >= 0.3 is 0 Å². The molecular formula is C30H30Br2N2O4. The predicted octanol–water partition coefficient (Wildman–Crippen LogP) is 6.89. The summed E-state index contributed by atoms with van der Waals surface area (Å²) in [6, 6.07) is 9.66. The van der Waals surface area contributed by atoms with Gasteiger partial charge in [0.25, 0.3) is 5.91 Å². The van der Waals surface area contributed by atoms with E-state index in [1.165, 1.54) is 0 Å². The van der Waals surface area contributed by atoms with Crippen LogP contribution in [0.5, 0.6) is 5.75 Å². The van der Waals surface area contributed by atoms with Crippen molar-refractivity contribution in [3.8, 4) is 5.75 Å². The SMILES string of the molecule is Cc1ccc(C)c(NC(=O)COc2c(Br)cc(Br)cc2C2C3=C(CCCC3=O)N(C)C3=C2C(=O)CCC3)c1. The van der Waals surface area contributed by atoms with Gasteiger partial charge in [-0.1, -0.05) is 28.1 Å². The number of hydrogen-bond acceptors (Lipinski definition) is 5. The van der Waals surface area contributed by atoms with E-state index in [2.05, 4.69) is 42.1 Å². The van der Waals surface area contributed by atoms with Crippen LogP contribution in [0, 0.1) is 13.8 Å². The molecule has 0 saturated carbocycles. The molecule has 8 heteroatoms. The van der Waals surface area contributed by atoms with Crippen LogP contribution in [0.3, 0.4) is 0 Å². The molecule has 0 fully saturated rings. The lowest BCUT2D eigenvalue weighted by molar-refractivity contribution is -0.119. The van der Waals surface area contributed by atoms with Crippen molar-refractivity contribution in [1.82, 2.24) is 4.90 Å². The molecule has 6 nitrogen and oxygen atoms in total. The minimum Gasteiger partial charge on any atom is -0.482 e. The number of halogens is 2. The van der Waals surface area contributed by atoms with Crippen molar-refractivity contribution in [2.24, 2.45) is 0 Å². The van der Waals surface area contributed by atoms with Crippen molar-refractivity contribution in [1.29, 1.82) is 0 Å². The summed E-state index contributed by atoms with van der Waals surface area (Å²) in [4.78, 5) is 41.8. The number of nitrogens with one attached hydrogen (secondary N) is 1. The highest BCUT2D eigenvalue weighted by atomic mass is 79.9. The van der Waals surface area contributed by atoms with Gasteiger partial charge in [0, 0.05) is 64.1 Å². The molecule has 0 radical (unpaired) electrons. The average Bonchev–Trinajstić information content (AvgIpc) is 2.86. The van der Waals surface area contributed by atoms with Crippen LogP contribution >= 0.6 is 31.9 Å². The topological polar surface area (TPSA) is 75.7 Å². The van der Waals surface area contributed by atoms with E-state index in [1.54, 1.807) is 0 Å². The molecule has 3 aliphatic rings. The van der Waals surface area contributed by atoms with Gasteiger partial charge in [0.05, 0.1) is 4.47 Å². The number of allylic oxidation sites excluding steroid dienone is 4. The van der Waals surface area contributed by atoms with E-state index in [4.69, 9.17) is 4.74 Å². The molecule has 1 amide bonds. The number of carbonyl (C=O) groups excluding carboxylic acids is 3. The molecule has 0 saturated heterocycles. The second kappa shape index (κ2) is 10.8. The minimum atomic E-state index is -0.525. The van der Waals surface area contributed by atoms with Gasteiger partial charge in [-0.25, -0.2) is 0 Å². The van der Waals surface area contributed by atoms with Crippen LogP contribution in [0.25, 0.3) is 0 Å². The summed E-state index contributed by atoms with van der Waals surface area (Å²) in [5.41, 5.74) is 6.83. The fourth-order valence-corrected chi connectivity index (χ4v) is 7.18. The largest absolute Gasteiger partial charge is 0.482 e. The monoisotopic (exact) mass is 640 g/mol. The average molecular weight is 642 g/mol. The van der Waals surface area contributed by atoms with Crippen molar-refractivity contribution in [3.63, 3.8) is 0 Å². The number of carbonyl (C=O) groups is 3. The van der Waals surface area contributed by atoms with Gasteiger partial charge in [-0.15, -0.1) is 0 Å². The van der Waals surface area contributed by atoms with Crippen molar-refractivity contribution in [2.45, 2.75) is 58.3 Å². The van der Waals surface area contributed by atoms with Crippen LogP contribution in [0.4, 0.5) is 5.69 Å². The number of hydrogen-bond donors (Lipinski definition) is 1. The van der Waals surface area contributed by atoms with Crippen molar-refractivity contribution in [3.05, 3.63) is 78.5 Å². The van der Waals surface area contributed by atoms with Gasteiger partial charge in [-0.3, -0.25) is 14.4 Å². The zero-order chi connectivity index (χ0) is 27.1. The predicted molar refractivity (Wildman–Crippen MR) is 154 cm³/mol. The molecule has 2 aliphatic carbocycles. The minimum absolute atomic E-state index is 0.0720. The van der Waals surface area contributed by atoms with Crippen molar-refractivity contribution < 1.29 is 19.1 Å². The number of ether oxygens (including phenoxy) is 1. The van der Waals surface area contributed by atoms with E-state index >= 15 is 0 Å². The van der Waals surface area contributed by atoms with E-state index in [9.17, 15) is 14.4 Å². The van der Waals surface area contributed by atoms with E-state index in [0.717, 1.165) is 58.4 Å². The molecule has 0 atom stereocenters. The van der Waals surface area contributed by atoms with Gasteiger partial charge in [0.1, 0.15) is 5.75 Å². The molecule has 5 rings (SSSR count). The third kappa shape index (κ3) is 5.00. The zero-order valence-electron chi connectivity index (χ0n) is 21.7. The van der Waals surface area contributed by atoms with Gasteiger partial charge in [0.2, 0.25) is 0 Å². The molecule has 0 aromatic heterocycles. The summed E-state index contributed by atoms with van der Waals surface area (Å²) >= 11 is 7.22. The van der Waals surface area contributed by atoms with Crippen molar-refractivity contribution >= 4 is 55.0 Å². The van der Waals surface area contributed by atoms with Gasteiger partial charge in [-0.2, -0.15) is 0 Å². The fraction of sp³-hybridized carbons (Fsp3) is 0.367. The lowest BCUT2D eigenvalue weighted by atomic mass is 9.71. The molecule has 2 aromatic carbocycles. The van der Waals surface area contributed by atoms with Crippen LogP contribution < -0.4 is 10.1 Å². The third-order valence-corrected chi connectivity index (χ3v) is 8.65. The Morgan fingerprint density at radius 3 is 2.24 bits per heavy atom. The standard InChI is InChI=1S/C30H30Br2N2O4/c1-16-10-11-17(2)21(12-16)33-26(37)15-38-30-19(13-18(31)14-20(30)32)27-28-22(6-4-8-24(28)35)34(3)23-7-5-9-25(36)29(23)27/h10-14,27H,4-9,15H2,1-3H3,(H,33,37). The fourth-order valence-electron chi connectivity index (χ4n) is 5.81. The maximum Gasteiger partial charge on any atom is 0.262 e. The first-order valence-corrected chi connectivity index (χ1v) is 14.5. The number of rotatable bonds is 5. The summed E-state index contributed by atoms with van der Waals surface area (Å²) in [7, 11) is 1.98. The van der Waals surface area contributed by atoms with E-state index in [0.29, 0.717) is 39.8 Å². The molecule has 0 spiro atoms. The van der Waals surface area contributed by atoms with Crippen LogP contribution in [-0.2, 0) is 14.4 Å². The summed E-state index contributed by atoms with van der Waals surface area (Å²) in [6.45, 7) is 3.70. The Kier molecular flexibility index (Phi) is 7.65. The molecule has 38 heavy (non-hydrogen) atoms. The number of nitrogens with zero attached hydrogens (tertiary/aromatic N) is 1. The van der Waals surface area contributed by atoms with Crippen LogP contribution in [-0.4, -0.2) is 36.0 Å². The number of anilines is 1. The lowest BCUT2D eigenvalue weighted by Crippen LogP contribution is -2.37. The number of Topliss-reactive ketones (excluding diaryl/α,β-unsaturated/α-hetero) is 2. The van der Waals surface area contributed by atoms with E-state index in [-0.39, 0.29) is 24.1 Å².